The first kappa shape index (κ1) is 21.4. The number of hydrogen-bond acceptors (Lipinski definition) is 3. The van der Waals surface area contributed by atoms with Gasteiger partial charge in [-0.2, -0.15) is 0 Å². The van der Waals surface area contributed by atoms with E-state index in [9.17, 15) is 4.39 Å². The number of nitrogens with one attached hydrogen (secondary N) is 1. The van der Waals surface area contributed by atoms with Crippen LogP contribution in [0.4, 0.5) is 15.8 Å². The summed E-state index contributed by atoms with van der Waals surface area (Å²) in [6.45, 7) is 7.11. The lowest BCUT2D eigenvalue weighted by Gasteiger charge is -2.29. The monoisotopic (exact) mass is 484 g/mol. The highest BCUT2D eigenvalue weighted by molar-refractivity contribution is 14.0. The van der Waals surface area contributed by atoms with E-state index in [1.807, 2.05) is 36.1 Å². The van der Waals surface area contributed by atoms with Gasteiger partial charge in [0.15, 0.2) is 5.96 Å². The molecule has 1 saturated heterocycles. The number of hydrogen-bond donors (Lipinski definition) is 2. The number of anilines is 2. The van der Waals surface area contributed by atoms with Crippen molar-refractivity contribution in [1.82, 2.24) is 0 Å². The standard InChI is InChI=1S/C20H25FN4O.HI/c1-14-3-5-17(11-15(14)2)24-20(22)23-13-16-4-6-19(18(21)12-16)25-7-9-26-10-8-25;/h3-6,11-12H,7-10,13H2,1-2H3,(H3,22,23,24);1H. The fourth-order valence-electron chi connectivity index (χ4n) is 2.89. The summed E-state index contributed by atoms with van der Waals surface area (Å²) in [6, 6.07) is 11.2. The van der Waals surface area contributed by atoms with Gasteiger partial charge in [0.1, 0.15) is 5.82 Å². The van der Waals surface area contributed by atoms with E-state index in [0.29, 0.717) is 44.5 Å². The molecule has 0 amide bonds. The summed E-state index contributed by atoms with van der Waals surface area (Å²) in [5, 5.41) is 3.07. The third kappa shape index (κ3) is 5.80. The third-order valence-electron chi connectivity index (χ3n) is 4.58. The van der Waals surface area contributed by atoms with Crippen LogP contribution in [0.25, 0.3) is 0 Å². The van der Waals surface area contributed by atoms with E-state index in [1.165, 1.54) is 17.2 Å². The topological polar surface area (TPSA) is 62.9 Å². The first-order valence-electron chi connectivity index (χ1n) is 8.78. The minimum Gasteiger partial charge on any atom is -0.378 e. The average molecular weight is 484 g/mol. The van der Waals surface area contributed by atoms with Crippen molar-refractivity contribution < 1.29 is 9.13 Å². The smallest absolute Gasteiger partial charge is 0.193 e. The number of benzene rings is 2. The van der Waals surface area contributed by atoms with Gasteiger partial charge in [0, 0.05) is 18.8 Å². The minimum absolute atomic E-state index is 0. The number of nitrogens with zero attached hydrogens (tertiary/aromatic N) is 2. The van der Waals surface area contributed by atoms with Crippen LogP contribution < -0.4 is 16.0 Å². The molecule has 1 heterocycles. The molecule has 1 aliphatic heterocycles. The van der Waals surface area contributed by atoms with Gasteiger partial charge in [0.25, 0.3) is 0 Å². The Morgan fingerprint density at radius 1 is 1.15 bits per heavy atom. The molecule has 146 valence electrons. The van der Waals surface area contributed by atoms with Crippen LogP contribution in [0.1, 0.15) is 16.7 Å². The number of halogens is 2. The van der Waals surface area contributed by atoms with Crippen LogP contribution in [0.3, 0.4) is 0 Å². The van der Waals surface area contributed by atoms with Crippen molar-refractivity contribution in [2.75, 3.05) is 36.5 Å². The summed E-state index contributed by atoms with van der Waals surface area (Å²) in [5.41, 5.74) is 10.6. The molecule has 0 radical (unpaired) electrons. The zero-order valence-electron chi connectivity index (χ0n) is 15.7. The maximum Gasteiger partial charge on any atom is 0.193 e. The third-order valence-corrected chi connectivity index (χ3v) is 4.58. The predicted molar refractivity (Wildman–Crippen MR) is 120 cm³/mol. The molecule has 5 nitrogen and oxygen atoms in total. The van der Waals surface area contributed by atoms with Crippen molar-refractivity contribution in [2.45, 2.75) is 20.4 Å². The van der Waals surface area contributed by atoms with Crippen LogP contribution in [-0.2, 0) is 11.3 Å². The van der Waals surface area contributed by atoms with Gasteiger partial charge in [0.2, 0.25) is 0 Å². The molecule has 0 aromatic heterocycles. The summed E-state index contributed by atoms with van der Waals surface area (Å²) >= 11 is 0. The Morgan fingerprint density at radius 2 is 1.89 bits per heavy atom. The quantitative estimate of drug-likeness (QED) is 0.394. The van der Waals surface area contributed by atoms with Crippen molar-refractivity contribution in [3.8, 4) is 0 Å². The number of aryl methyl sites for hydroxylation is 2. The van der Waals surface area contributed by atoms with E-state index in [-0.39, 0.29) is 29.8 Å². The van der Waals surface area contributed by atoms with Gasteiger partial charge in [-0.3, -0.25) is 0 Å². The highest BCUT2D eigenvalue weighted by Gasteiger charge is 2.15. The second-order valence-corrected chi connectivity index (χ2v) is 6.51. The molecule has 2 aromatic rings. The molecule has 1 aliphatic rings. The Balaban J connectivity index is 0.00000261. The van der Waals surface area contributed by atoms with Crippen LogP contribution in [0.5, 0.6) is 0 Å². The van der Waals surface area contributed by atoms with Gasteiger partial charge in [-0.05, 0) is 54.8 Å². The van der Waals surface area contributed by atoms with Crippen molar-refractivity contribution in [2.24, 2.45) is 10.7 Å². The lowest BCUT2D eigenvalue weighted by Crippen LogP contribution is -2.36. The van der Waals surface area contributed by atoms with E-state index >= 15 is 0 Å². The first-order chi connectivity index (χ1) is 12.5. The second-order valence-electron chi connectivity index (χ2n) is 6.51. The molecule has 7 heteroatoms. The van der Waals surface area contributed by atoms with Crippen LogP contribution in [0.15, 0.2) is 41.4 Å². The van der Waals surface area contributed by atoms with Crippen molar-refractivity contribution >= 4 is 41.3 Å². The molecule has 0 unspecified atom stereocenters. The predicted octanol–water partition coefficient (Wildman–Crippen LogP) is 3.82. The Morgan fingerprint density at radius 3 is 2.56 bits per heavy atom. The van der Waals surface area contributed by atoms with Crippen LogP contribution in [0, 0.1) is 19.7 Å². The Hall–Kier alpha value is -1.87. The van der Waals surface area contributed by atoms with Gasteiger partial charge < -0.3 is 20.7 Å². The molecule has 1 fully saturated rings. The minimum atomic E-state index is -0.236. The summed E-state index contributed by atoms with van der Waals surface area (Å²) in [7, 11) is 0. The van der Waals surface area contributed by atoms with Crippen LogP contribution in [0.2, 0.25) is 0 Å². The van der Waals surface area contributed by atoms with Crippen molar-refractivity contribution in [3.63, 3.8) is 0 Å². The first-order valence-corrected chi connectivity index (χ1v) is 8.78. The molecular formula is C20H26FIN4O. The average Bonchev–Trinajstić information content (AvgIpc) is 2.64. The van der Waals surface area contributed by atoms with E-state index in [0.717, 1.165) is 11.3 Å². The summed E-state index contributed by atoms with van der Waals surface area (Å²) in [5.74, 6) is 0.0752. The lowest BCUT2D eigenvalue weighted by molar-refractivity contribution is 0.122. The summed E-state index contributed by atoms with van der Waals surface area (Å²) < 4.78 is 19.7. The van der Waals surface area contributed by atoms with Crippen LogP contribution in [-0.4, -0.2) is 32.3 Å². The van der Waals surface area contributed by atoms with Gasteiger partial charge in [-0.15, -0.1) is 24.0 Å². The lowest BCUT2D eigenvalue weighted by atomic mass is 10.1. The maximum atomic E-state index is 14.4. The maximum absolute atomic E-state index is 14.4. The van der Waals surface area contributed by atoms with Crippen molar-refractivity contribution in [3.05, 3.63) is 58.9 Å². The van der Waals surface area contributed by atoms with E-state index in [2.05, 4.69) is 17.2 Å². The Labute approximate surface area is 176 Å². The molecule has 3 rings (SSSR count). The number of guanidine groups is 1. The van der Waals surface area contributed by atoms with E-state index in [4.69, 9.17) is 10.5 Å². The van der Waals surface area contributed by atoms with Gasteiger partial charge in [-0.25, -0.2) is 9.38 Å². The second kappa shape index (κ2) is 9.89. The number of morpholine rings is 1. The van der Waals surface area contributed by atoms with E-state index < -0.39 is 0 Å². The molecule has 0 saturated carbocycles. The number of aliphatic imine (C=N–C) groups is 1. The number of ether oxygens (including phenoxy) is 1. The Kier molecular flexibility index (Phi) is 7.85. The fourth-order valence-corrected chi connectivity index (χ4v) is 2.89. The summed E-state index contributed by atoms with van der Waals surface area (Å²) in [4.78, 5) is 6.31. The van der Waals surface area contributed by atoms with E-state index in [1.54, 1.807) is 6.07 Å². The van der Waals surface area contributed by atoms with Crippen molar-refractivity contribution in [1.29, 1.82) is 0 Å². The SMILES string of the molecule is Cc1ccc(NC(N)=NCc2ccc(N3CCOCC3)c(F)c2)cc1C.I. The van der Waals surface area contributed by atoms with Gasteiger partial charge in [-0.1, -0.05) is 12.1 Å². The van der Waals surface area contributed by atoms with Gasteiger partial charge in [0.05, 0.1) is 25.4 Å². The van der Waals surface area contributed by atoms with Gasteiger partial charge >= 0.3 is 0 Å². The number of nitrogens with two attached hydrogens (primary N) is 1. The normalized spacial score (nSPS) is 14.6. The number of rotatable bonds is 4. The molecular weight excluding hydrogens is 458 g/mol. The molecule has 0 bridgehead atoms. The van der Waals surface area contributed by atoms with Crippen LogP contribution >= 0.6 is 24.0 Å². The zero-order valence-corrected chi connectivity index (χ0v) is 18.0. The molecule has 3 N–H and O–H groups in total. The fraction of sp³-hybridized carbons (Fsp3) is 0.350. The largest absolute Gasteiger partial charge is 0.378 e. The zero-order chi connectivity index (χ0) is 18.5. The highest BCUT2D eigenvalue weighted by Crippen LogP contribution is 2.22. The highest BCUT2D eigenvalue weighted by atomic mass is 127. The Bertz CT molecular complexity index is 807. The molecule has 0 aliphatic carbocycles. The summed E-state index contributed by atoms with van der Waals surface area (Å²) in [6.07, 6.45) is 0. The molecule has 27 heavy (non-hydrogen) atoms. The molecule has 0 atom stereocenters. The molecule has 2 aromatic carbocycles. The molecule has 0 spiro atoms.